The largest absolute Gasteiger partial charge is 0.383 e. The van der Waals surface area contributed by atoms with Crippen molar-refractivity contribution in [1.29, 1.82) is 5.26 Å². The van der Waals surface area contributed by atoms with Crippen LogP contribution in [0.1, 0.15) is 0 Å². The summed E-state index contributed by atoms with van der Waals surface area (Å²) in [5.41, 5.74) is 0.778. The van der Waals surface area contributed by atoms with Gasteiger partial charge < -0.3 is 9.80 Å². The Kier molecular flexibility index (Phi) is 4.32. The van der Waals surface area contributed by atoms with Crippen LogP contribution >= 0.6 is 0 Å². The Hall–Kier alpha value is -1.01. The third kappa shape index (κ3) is 5.43. The van der Waals surface area contributed by atoms with E-state index in [1.54, 1.807) is 0 Å². The van der Waals surface area contributed by atoms with Gasteiger partial charge in [0.1, 0.15) is 0 Å². The standard InChI is InChI=1S/C8H15N3/c1-10(2)6-8(5-9)7-11(3)4/h6H,7H2,1-4H3. The van der Waals surface area contributed by atoms with E-state index in [9.17, 15) is 0 Å². The topological polar surface area (TPSA) is 30.3 Å². The van der Waals surface area contributed by atoms with E-state index in [1.807, 2.05) is 44.2 Å². The first-order valence-electron chi connectivity index (χ1n) is 3.48. The molecule has 0 fully saturated rings. The molecule has 3 nitrogen and oxygen atoms in total. The molecule has 0 unspecified atom stereocenters. The molecule has 0 saturated carbocycles. The molecule has 0 aliphatic rings. The Bertz CT molecular complexity index is 174. The second kappa shape index (κ2) is 4.75. The van der Waals surface area contributed by atoms with Gasteiger partial charge in [0.05, 0.1) is 11.6 Å². The average molecular weight is 153 g/mol. The number of hydrogen-bond acceptors (Lipinski definition) is 3. The van der Waals surface area contributed by atoms with Gasteiger partial charge in [-0.2, -0.15) is 5.26 Å². The van der Waals surface area contributed by atoms with Gasteiger partial charge in [0.2, 0.25) is 0 Å². The van der Waals surface area contributed by atoms with E-state index in [0.717, 1.165) is 5.57 Å². The molecule has 0 spiro atoms. The molecule has 0 aromatic heterocycles. The van der Waals surface area contributed by atoms with Crippen LogP contribution < -0.4 is 0 Å². The highest BCUT2D eigenvalue weighted by molar-refractivity contribution is 5.21. The first kappa shape index (κ1) is 9.99. The van der Waals surface area contributed by atoms with Crippen molar-refractivity contribution in [1.82, 2.24) is 9.80 Å². The maximum absolute atomic E-state index is 8.65. The van der Waals surface area contributed by atoms with Gasteiger partial charge in [-0.05, 0) is 14.1 Å². The van der Waals surface area contributed by atoms with Crippen molar-refractivity contribution in [2.24, 2.45) is 0 Å². The molecule has 62 valence electrons. The van der Waals surface area contributed by atoms with Gasteiger partial charge >= 0.3 is 0 Å². The van der Waals surface area contributed by atoms with Crippen LogP contribution in [0.25, 0.3) is 0 Å². The molecule has 0 amide bonds. The van der Waals surface area contributed by atoms with Crippen LogP contribution in [0.4, 0.5) is 0 Å². The summed E-state index contributed by atoms with van der Waals surface area (Å²) in [5, 5.41) is 8.65. The van der Waals surface area contributed by atoms with E-state index >= 15 is 0 Å². The van der Waals surface area contributed by atoms with Gasteiger partial charge in [0, 0.05) is 26.8 Å². The van der Waals surface area contributed by atoms with Crippen molar-refractivity contribution in [2.45, 2.75) is 0 Å². The molecular formula is C8H15N3. The molecular weight excluding hydrogens is 138 g/mol. The Balaban J connectivity index is 4.09. The summed E-state index contributed by atoms with van der Waals surface area (Å²) in [7, 11) is 7.71. The predicted octanol–water partition coefficient (Wildman–Crippen LogP) is 0.517. The monoisotopic (exact) mass is 153 g/mol. The van der Waals surface area contributed by atoms with E-state index in [4.69, 9.17) is 5.26 Å². The summed E-state index contributed by atoms with van der Waals surface area (Å²) in [6.07, 6.45) is 1.83. The Morgan fingerprint density at radius 3 is 2.18 bits per heavy atom. The van der Waals surface area contributed by atoms with Crippen molar-refractivity contribution >= 4 is 0 Å². The lowest BCUT2D eigenvalue weighted by Gasteiger charge is -2.10. The minimum Gasteiger partial charge on any atom is -0.383 e. The first-order chi connectivity index (χ1) is 5.06. The molecule has 0 aromatic rings. The maximum atomic E-state index is 8.65. The molecule has 3 heteroatoms. The third-order valence-electron chi connectivity index (χ3n) is 1.04. The second-order valence-corrected chi connectivity index (χ2v) is 2.97. The number of nitriles is 1. The molecule has 11 heavy (non-hydrogen) atoms. The number of rotatable bonds is 3. The first-order valence-corrected chi connectivity index (χ1v) is 3.48. The fourth-order valence-electron chi connectivity index (χ4n) is 0.757. The average Bonchev–Trinajstić information content (AvgIpc) is 1.84. The predicted molar refractivity (Wildman–Crippen MR) is 45.9 cm³/mol. The van der Waals surface area contributed by atoms with Crippen LogP contribution in [-0.2, 0) is 0 Å². The van der Waals surface area contributed by atoms with Crippen LogP contribution in [0.3, 0.4) is 0 Å². The lowest BCUT2D eigenvalue weighted by molar-refractivity contribution is 0.443. The highest BCUT2D eigenvalue weighted by Gasteiger charge is 1.96. The second-order valence-electron chi connectivity index (χ2n) is 2.97. The molecule has 0 radical (unpaired) electrons. The number of hydrogen-bond donors (Lipinski definition) is 0. The van der Waals surface area contributed by atoms with Gasteiger partial charge in [-0.1, -0.05) is 0 Å². The fraction of sp³-hybridized carbons (Fsp3) is 0.625. The minimum absolute atomic E-state index is 0.703. The summed E-state index contributed by atoms with van der Waals surface area (Å²) in [6, 6.07) is 2.14. The van der Waals surface area contributed by atoms with Gasteiger partial charge in [0.25, 0.3) is 0 Å². The quantitative estimate of drug-likeness (QED) is 0.554. The van der Waals surface area contributed by atoms with Gasteiger partial charge in [-0.3, -0.25) is 0 Å². The van der Waals surface area contributed by atoms with Gasteiger partial charge in [-0.25, -0.2) is 0 Å². The molecule has 0 bridgehead atoms. The lowest BCUT2D eigenvalue weighted by Crippen LogP contribution is -2.16. The van der Waals surface area contributed by atoms with Crippen LogP contribution in [-0.4, -0.2) is 44.5 Å². The van der Waals surface area contributed by atoms with E-state index in [0.29, 0.717) is 6.54 Å². The van der Waals surface area contributed by atoms with E-state index in [2.05, 4.69) is 6.07 Å². The zero-order chi connectivity index (χ0) is 8.85. The Labute approximate surface area is 68.5 Å². The molecule has 0 aromatic carbocycles. The zero-order valence-electron chi connectivity index (χ0n) is 7.63. The minimum atomic E-state index is 0.703. The van der Waals surface area contributed by atoms with Crippen LogP contribution in [0.2, 0.25) is 0 Å². The maximum Gasteiger partial charge on any atom is 0.0976 e. The van der Waals surface area contributed by atoms with E-state index in [1.165, 1.54) is 0 Å². The van der Waals surface area contributed by atoms with Crippen molar-refractivity contribution in [3.05, 3.63) is 11.8 Å². The van der Waals surface area contributed by atoms with Crippen LogP contribution in [0, 0.1) is 11.3 Å². The molecule has 0 rings (SSSR count). The van der Waals surface area contributed by atoms with Gasteiger partial charge in [0.15, 0.2) is 0 Å². The highest BCUT2D eigenvalue weighted by atomic mass is 15.1. The summed E-state index contributed by atoms with van der Waals surface area (Å²) in [4.78, 5) is 3.85. The van der Waals surface area contributed by atoms with E-state index in [-0.39, 0.29) is 0 Å². The Morgan fingerprint density at radius 2 is 1.91 bits per heavy atom. The fourth-order valence-corrected chi connectivity index (χ4v) is 0.757. The van der Waals surface area contributed by atoms with Crippen molar-refractivity contribution in [3.63, 3.8) is 0 Å². The van der Waals surface area contributed by atoms with Crippen molar-refractivity contribution in [3.8, 4) is 6.07 Å². The summed E-state index contributed by atoms with van der Waals surface area (Å²) < 4.78 is 0. The molecule has 0 aliphatic heterocycles. The molecule has 0 heterocycles. The van der Waals surface area contributed by atoms with Crippen molar-refractivity contribution < 1.29 is 0 Å². The Morgan fingerprint density at radius 1 is 1.36 bits per heavy atom. The smallest absolute Gasteiger partial charge is 0.0976 e. The molecule has 0 atom stereocenters. The summed E-state index contributed by atoms with van der Waals surface area (Å²) in [6.45, 7) is 0.703. The molecule has 0 aliphatic carbocycles. The lowest BCUT2D eigenvalue weighted by atomic mass is 10.3. The van der Waals surface area contributed by atoms with Crippen LogP contribution in [0.5, 0.6) is 0 Å². The van der Waals surface area contributed by atoms with E-state index < -0.39 is 0 Å². The summed E-state index contributed by atoms with van der Waals surface area (Å²) >= 11 is 0. The highest BCUT2D eigenvalue weighted by Crippen LogP contribution is 1.94. The number of nitrogens with zero attached hydrogens (tertiary/aromatic N) is 3. The third-order valence-corrected chi connectivity index (χ3v) is 1.04. The van der Waals surface area contributed by atoms with Gasteiger partial charge in [-0.15, -0.1) is 0 Å². The zero-order valence-corrected chi connectivity index (χ0v) is 7.63. The summed E-state index contributed by atoms with van der Waals surface area (Å²) in [5.74, 6) is 0. The normalized spacial score (nSPS) is 11.5. The number of likely N-dealkylation sites (N-methyl/N-ethyl adjacent to an activating group) is 1. The molecule has 0 N–H and O–H groups in total. The SMILES string of the molecule is CN(C)C=C(C#N)CN(C)C. The van der Waals surface area contributed by atoms with Crippen LogP contribution in [0.15, 0.2) is 11.8 Å². The molecule has 0 saturated heterocycles. The van der Waals surface area contributed by atoms with Crippen molar-refractivity contribution in [2.75, 3.05) is 34.7 Å².